The van der Waals surface area contributed by atoms with E-state index in [1.807, 2.05) is 0 Å². The number of benzene rings is 1. The van der Waals surface area contributed by atoms with E-state index in [4.69, 9.17) is 5.10 Å². The molecular formula is C16H20Br2N2. The molecule has 2 atom stereocenters. The third-order valence-electron chi connectivity index (χ3n) is 3.67. The van der Waals surface area contributed by atoms with Gasteiger partial charge in [0.2, 0.25) is 0 Å². The molecule has 2 nitrogen and oxygen atoms in total. The monoisotopic (exact) mass is 398 g/mol. The fourth-order valence-corrected chi connectivity index (χ4v) is 3.21. The zero-order valence-electron chi connectivity index (χ0n) is 11.9. The molecule has 0 aliphatic rings. The van der Waals surface area contributed by atoms with Crippen LogP contribution in [0.4, 0.5) is 0 Å². The summed E-state index contributed by atoms with van der Waals surface area (Å²) in [6, 6.07) is 11.1. The number of rotatable bonds is 6. The normalized spacial score (nSPS) is 14.2. The maximum Gasteiger partial charge on any atom is 0.0631 e. The van der Waals surface area contributed by atoms with Crippen molar-refractivity contribution < 1.29 is 0 Å². The maximum atomic E-state index is 4.70. The first kappa shape index (κ1) is 15.8. The number of alkyl halides is 1. The van der Waals surface area contributed by atoms with E-state index in [9.17, 15) is 0 Å². The SMILES string of the molecule is CCC(C)n1ccc(CC(CBr)c2cccc(Br)c2)n1. The van der Waals surface area contributed by atoms with Gasteiger partial charge in [0.25, 0.3) is 0 Å². The molecule has 2 aromatic rings. The van der Waals surface area contributed by atoms with Crippen molar-refractivity contribution in [3.63, 3.8) is 0 Å². The molecule has 108 valence electrons. The standard InChI is InChI=1S/C16H20Br2N2/c1-3-12(2)20-8-7-16(19-20)10-14(11-17)13-5-4-6-15(18)9-13/h4-9,12,14H,3,10-11H2,1-2H3. The lowest BCUT2D eigenvalue weighted by molar-refractivity contribution is 0.472. The van der Waals surface area contributed by atoms with E-state index in [2.05, 4.69) is 86.9 Å². The molecule has 2 rings (SSSR count). The van der Waals surface area contributed by atoms with E-state index in [0.717, 1.165) is 28.3 Å². The molecule has 0 amide bonds. The summed E-state index contributed by atoms with van der Waals surface area (Å²) in [5, 5.41) is 5.64. The van der Waals surface area contributed by atoms with Crippen molar-refractivity contribution in [3.05, 3.63) is 52.3 Å². The molecule has 1 aromatic carbocycles. The van der Waals surface area contributed by atoms with Crippen LogP contribution in [-0.4, -0.2) is 15.1 Å². The Morgan fingerprint density at radius 3 is 2.75 bits per heavy atom. The Morgan fingerprint density at radius 2 is 2.10 bits per heavy atom. The Morgan fingerprint density at radius 1 is 1.30 bits per heavy atom. The zero-order chi connectivity index (χ0) is 14.5. The summed E-state index contributed by atoms with van der Waals surface area (Å²) < 4.78 is 3.20. The molecular weight excluding hydrogens is 380 g/mol. The van der Waals surface area contributed by atoms with Gasteiger partial charge in [-0.3, -0.25) is 4.68 Å². The fraction of sp³-hybridized carbons (Fsp3) is 0.438. The van der Waals surface area contributed by atoms with Gasteiger partial charge < -0.3 is 0 Å². The van der Waals surface area contributed by atoms with Gasteiger partial charge in [-0.1, -0.05) is 50.9 Å². The second-order valence-electron chi connectivity index (χ2n) is 5.15. The molecule has 0 saturated carbocycles. The van der Waals surface area contributed by atoms with Crippen molar-refractivity contribution in [3.8, 4) is 0 Å². The first-order valence-electron chi connectivity index (χ1n) is 6.99. The largest absolute Gasteiger partial charge is 0.270 e. The zero-order valence-corrected chi connectivity index (χ0v) is 15.1. The van der Waals surface area contributed by atoms with E-state index in [1.54, 1.807) is 0 Å². The molecule has 0 N–H and O–H groups in total. The van der Waals surface area contributed by atoms with Crippen LogP contribution in [0.25, 0.3) is 0 Å². The van der Waals surface area contributed by atoms with Crippen molar-refractivity contribution in [2.24, 2.45) is 0 Å². The minimum absolute atomic E-state index is 0.452. The fourth-order valence-electron chi connectivity index (χ4n) is 2.19. The van der Waals surface area contributed by atoms with Gasteiger partial charge >= 0.3 is 0 Å². The molecule has 4 heteroatoms. The second-order valence-corrected chi connectivity index (χ2v) is 6.72. The number of hydrogen-bond donors (Lipinski definition) is 0. The highest BCUT2D eigenvalue weighted by Crippen LogP contribution is 2.25. The molecule has 0 spiro atoms. The summed E-state index contributed by atoms with van der Waals surface area (Å²) in [6.07, 6.45) is 4.16. The predicted molar refractivity (Wildman–Crippen MR) is 91.6 cm³/mol. The summed E-state index contributed by atoms with van der Waals surface area (Å²) in [7, 11) is 0. The first-order valence-corrected chi connectivity index (χ1v) is 8.91. The predicted octanol–water partition coefficient (Wildman–Crippen LogP) is 5.34. The molecule has 1 aromatic heterocycles. The van der Waals surface area contributed by atoms with E-state index < -0.39 is 0 Å². The molecule has 0 aliphatic carbocycles. The smallest absolute Gasteiger partial charge is 0.0631 e. The highest BCUT2D eigenvalue weighted by molar-refractivity contribution is 9.10. The van der Waals surface area contributed by atoms with Crippen molar-refractivity contribution in [2.45, 2.75) is 38.6 Å². The van der Waals surface area contributed by atoms with E-state index in [0.29, 0.717) is 12.0 Å². The topological polar surface area (TPSA) is 17.8 Å². The van der Waals surface area contributed by atoms with Gasteiger partial charge in [0.15, 0.2) is 0 Å². The minimum atomic E-state index is 0.452. The van der Waals surface area contributed by atoms with Crippen LogP contribution in [0.15, 0.2) is 41.0 Å². The van der Waals surface area contributed by atoms with Gasteiger partial charge in [0.1, 0.15) is 0 Å². The minimum Gasteiger partial charge on any atom is -0.270 e. The van der Waals surface area contributed by atoms with E-state index >= 15 is 0 Å². The van der Waals surface area contributed by atoms with Gasteiger partial charge in [-0.2, -0.15) is 5.10 Å². The lowest BCUT2D eigenvalue weighted by Crippen LogP contribution is -2.08. The molecule has 0 bridgehead atoms. The van der Waals surface area contributed by atoms with E-state index in [1.165, 1.54) is 5.56 Å². The Kier molecular flexibility index (Phi) is 5.85. The Hall–Kier alpha value is -0.610. The molecule has 0 radical (unpaired) electrons. The lowest BCUT2D eigenvalue weighted by atomic mass is 9.96. The maximum absolute atomic E-state index is 4.70. The molecule has 0 fully saturated rings. The van der Waals surface area contributed by atoms with Gasteiger partial charge in [0, 0.05) is 22.0 Å². The Labute approximate surface area is 137 Å². The van der Waals surface area contributed by atoms with Crippen LogP contribution in [0.2, 0.25) is 0 Å². The van der Waals surface area contributed by atoms with Gasteiger partial charge in [-0.05, 0) is 49.4 Å². The summed E-state index contributed by atoms with van der Waals surface area (Å²) in [4.78, 5) is 0. The van der Waals surface area contributed by atoms with Crippen LogP contribution in [0.3, 0.4) is 0 Å². The third kappa shape index (κ3) is 3.95. The van der Waals surface area contributed by atoms with Crippen molar-refractivity contribution in [1.82, 2.24) is 9.78 Å². The lowest BCUT2D eigenvalue weighted by Gasteiger charge is -2.14. The van der Waals surface area contributed by atoms with Crippen molar-refractivity contribution in [1.29, 1.82) is 0 Å². The van der Waals surface area contributed by atoms with Crippen molar-refractivity contribution >= 4 is 31.9 Å². The van der Waals surface area contributed by atoms with Gasteiger partial charge in [-0.25, -0.2) is 0 Å². The average Bonchev–Trinajstić information content (AvgIpc) is 2.92. The molecule has 20 heavy (non-hydrogen) atoms. The average molecular weight is 400 g/mol. The van der Waals surface area contributed by atoms with Crippen LogP contribution in [0.5, 0.6) is 0 Å². The summed E-state index contributed by atoms with van der Waals surface area (Å²) >= 11 is 7.18. The van der Waals surface area contributed by atoms with Crippen LogP contribution in [-0.2, 0) is 6.42 Å². The third-order valence-corrected chi connectivity index (χ3v) is 4.94. The van der Waals surface area contributed by atoms with Crippen LogP contribution < -0.4 is 0 Å². The number of nitrogens with zero attached hydrogens (tertiary/aromatic N) is 2. The van der Waals surface area contributed by atoms with Crippen LogP contribution >= 0.6 is 31.9 Å². The van der Waals surface area contributed by atoms with E-state index in [-0.39, 0.29) is 0 Å². The number of hydrogen-bond acceptors (Lipinski definition) is 1. The number of aromatic nitrogens is 2. The van der Waals surface area contributed by atoms with Gasteiger partial charge in [0.05, 0.1) is 5.69 Å². The number of halogens is 2. The first-order chi connectivity index (χ1) is 9.63. The van der Waals surface area contributed by atoms with Gasteiger partial charge in [-0.15, -0.1) is 0 Å². The van der Waals surface area contributed by atoms with Crippen LogP contribution in [0, 0.1) is 0 Å². The summed E-state index contributed by atoms with van der Waals surface area (Å²) in [5.41, 5.74) is 2.50. The highest BCUT2D eigenvalue weighted by Gasteiger charge is 2.14. The quantitative estimate of drug-likeness (QED) is 0.599. The molecule has 2 unspecified atom stereocenters. The summed E-state index contributed by atoms with van der Waals surface area (Å²) in [5.74, 6) is 0.452. The van der Waals surface area contributed by atoms with Crippen molar-refractivity contribution in [2.75, 3.05) is 5.33 Å². The highest BCUT2D eigenvalue weighted by atomic mass is 79.9. The molecule has 1 heterocycles. The van der Waals surface area contributed by atoms with Crippen LogP contribution in [0.1, 0.15) is 43.5 Å². The Balaban J connectivity index is 2.12. The molecule has 0 aliphatic heterocycles. The Bertz CT molecular complexity index is 551. The second kappa shape index (κ2) is 7.41. The molecule has 0 saturated heterocycles. The summed E-state index contributed by atoms with van der Waals surface area (Å²) in [6.45, 7) is 4.39.